The Morgan fingerprint density at radius 1 is 0.836 bits per heavy atom. The molecular weight excluding hydrogens is 888 g/mol. The second-order valence-corrected chi connectivity index (χ2v) is 24.1. The average molecular weight is 948 g/mol. The molecule has 4 bridgehead atoms. The molecular formula is C58H60Cl2N4O2S. The van der Waals surface area contributed by atoms with Gasteiger partial charge in [0, 0.05) is 37.7 Å². The number of allylic oxidation sites excluding steroid dienone is 7. The predicted octanol–water partition coefficient (Wildman–Crippen LogP) is 16.1. The van der Waals surface area contributed by atoms with Crippen LogP contribution in [0.15, 0.2) is 117 Å². The van der Waals surface area contributed by atoms with Crippen LogP contribution in [0.5, 0.6) is 5.75 Å². The quantitative estimate of drug-likeness (QED) is 0.197. The molecule has 4 fully saturated rings. The highest BCUT2D eigenvalue weighted by atomic mass is 35.5. The van der Waals surface area contributed by atoms with Crippen LogP contribution < -0.4 is 9.64 Å². The first-order valence-electron chi connectivity index (χ1n) is 23.8. The lowest BCUT2D eigenvalue weighted by molar-refractivity contribution is 0.0385. The van der Waals surface area contributed by atoms with Crippen LogP contribution in [0.1, 0.15) is 128 Å². The second kappa shape index (κ2) is 17.8. The molecule has 9 heteroatoms. The van der Waals surface area contributed by atoms with Gasteiger partial charge in [0.2, 0.25) is 0 Å². The maximum atomic E-state index is 10.6. The van der Waals surface area contributed by atoms with Gasteiger partial charge in [-0.3, -0.25) is 0 Å². The maximum Gasteiger partial charge on any atom is 0.172 e. The highest BCUT2D eigenvalue weighted by molar-refractivity contribution is 8.04. The van der Waals surface area contributed by atoms with Crippen LogP contribution >= 0.6 is 35.0 Å². The van der Waals surface area contributed by atoms with E-state index in [0.29, 0.717) is 27.1 Å². The number of hydrogen-bond donors (Lipinski definition) is 0. The van der Waals surface area contributed by atoms with Crippen LogP contribution in [0.3, 0.4) is 0 Å². The van der Waals surface area contributed by atoms with Crippen molar-refractivity contribution in [2.24, 2.45) is 23.2 Å². The number of halogens is 2. The number of thioether (sulfide) groups is 1. The van der Waals surface area contributed by atoms with E-state index in [0.717, 1.165) is 42.8 Å². The van der Waals surface area contributed by atoms with Gasteiger partial charge in [0.1, 0.15) is 29.5 Å². The summed E-state index contributed by atoms with van der Waals surface area (Å²) in [5, 5.41) is 31.2. The van der Waals surface area contributed by atoms with Gasteiger partial charge in [-0.25, -0.2) is 0 Å². The van der Waals surface area contributed by atoms with Gasteiger partial charge in [0.25, 0.3) is 0 Å². The molecule has 3 aromatic rings. The van der Waals surface area contributed by atoms with Crippen LogP contribution in [-0.2, 0) is 10.3 Å². The molecule has 7 aliphatic rings. The summed E-state index contributed by atoms with van der Waals surface area (Å²) in [4.78, 5) is 3.91. The van der Waals surface area contributed by atoms with Gasteiger partial charge in [-0.1, -0.05) is 80.4 Å². The SMILES string of the molecule is COc1ccc(N2c3cc(C)c(/C=C/C4=C(SC56CC7CC(CC(C7)C5)C6)C(=C/C=C/C5=C(C#N)C(=C(C#N)C#N)OC5(C)c5ccc(Cl)c(Cl)c5)/CC(C)(C)C4)cc3C(C)CC2(C)C)cc1. The molecule has 5 aliphatic carbocycles. The Kier molecular flexibility index (Phi) is 12.5. The summed E-state index contributed by atoms with van der Waals surface area (Å²) >= 11 is 15.1. The zero-order valence-electron chi connectivity index (χ0n) is 40.0. The molecule has 67 heavy (non-hydrogen) atoms. The standard InChI is InChI=1S/C58H60Cl2N4O2S/c1-35-20-52-47(36(2)26-56(5,6)64(52)45-15-17-46(65-8)18-16-45)24-40(35)12-13-42-31-55(3,4)30-41(54(42)67-58-27-37-21-38(28-58)23-39(22-37)29-58)10-9-11-49-48(34-63)53(43(32-61)33-62)66-57(49,7)44-14-19-50(59)51(60)25-44/h9-20,24-25,36-39H,21-23,26-31H2,1-8H3/b11-9+,13-12+,41-10+. The van der Waals surface area contributed by atoms with Crippen molar-refractivity contribution in [2.45, 2.75) is 128 Å². The fourth-order valence-corrected chi connectivity index (χ4v) is 15.2. The Morgan fingerprint density at radius 2 is 1.51 bits per heavy atom. The summed E-state index contributed by atoms with van der Waals surface area (Å²) in [6.45, 7) is 15.9. The fraction of sp³-hybridized carbons (Fsp3) is 0.431. The molecule has 0 radical (unpaired) electrons. The number of anilines is 2. The molecule has 10 rings (SSSR count). The van der Waals surface area contributed by atoms with Crippen molar-refractivity contribution in [1.82, 2.24) is 0 Å². The number of nitrogens with zero attached hydrogens (tertiary/aromatic N) is 4. The van der Waals surface area contributed by atoms with Crippen LogP contribution in [0.2, 0.25) is 10.0 Å². The fourth-order valence-electron chi connectivity index (χ4n) is 13.0. The zero-order valence-corrected chi connectivity index (χ0v) is 42.4. The van der Waals surface area contributed by atoms with E-state index < -0.39 is 5.60 Å². The van der Waals surface area contributed by atoms with E-state index in [-0.39, 0.29) is 32.6 Å². The molecule has 0 spiro atoms. The van der Waals surface area contributed by atoms with Gasteiger partial charge in [-0.15, -0.1) is 11.8 Å². The molecule has 0 aromatic heterocycles. The predicted molar refractivity (Wildman–Crippen MR) is 274 cm³/mol. The average Bonchev–Trinajstić information content (AvgIpc) is 3.55. The number of hydrogen-bond acceptors (Lipinski definition) is 7. The van der Waals surface area contributed by atoms with E-state index in [9.17, 15) is 15.8 Å². The van der Waals surface area contributed by atoms with Crippen molar-refractivity contribution < 1.29 is 9.47 Å². The van der Waals surface area contributed by atoms with Gasteiger partial charge < -0.3 is 14.4 Å². The molecule has 0 saturated heterocycles. The maximum absolute atomic E-state index is 10.6. The molecule has 344 valence electrons. The van der Waals surface area contributed by atoms with Gasteiger partial charge >= 0.3 is 0 Å². The minimum atomic E-state index is -1.22. The summed E-state index contributed by atoms with van der Waals surface area (Å²) in [6.07, 6.45) is 21.9. The smallest absolute Gasteiger partial charge is 0.172 e. The monoisotopic (exact) mass is 946 g/mol. The van der Waals surface area contributed by atoms with Crippen molar-refractivity contribution in [2.75, 3.05) is 12.0 Å². The number of rotatable bonds is 9. The lowest BCUT2D eigenvalue weighted by Gasteiger charge is -2.57. The van der Waals surface area contributed by atoms with Crippen LogP contribution in [0.4, 0.5) is 11.4 Å². The molecule has 6 nitrogen and oxygen atoms in total. The largest absolute Gasteiger partial charge is 0.497 e. The first-order valence-corrected chi connectivity index (χ1v) is 25.4. The second-order valence-electron chi connectivity index (χ2n) is 21.8. The Labute approximate surface area is 412 Å². The summed E-state index contributed by atoms with van der Waals surface area (Å²) in [6, 6.07) is 24.7. The number of methoxy groups -OCH3 is 1. The first kappa shape index (κ1) is 47.0. The summed E-state index contributed by atoms with van der Waals surface area (Å²) < 4.78 is 12.2. The summed E-state index contributed by atoms with van der Waals surface area (Å²) in [7, 11) is 1.71. The van der Waals surface area contributed by atoms with E-state index in [1.165, 1.54) is 82.6 Å². The van der Waals surface area contributed by atoms with E-state index in [4.69, 9.17) is 32.7 Å². The molecule has 2 atom stereocenters. The molecule has 2 aliphatic heterocycles. The topological polar surface area (TPSA) is 93.1 Å². The Balaban J connectivity index is 1.15. The highest BCUT2D eigenvalue weighted by Gasteiger charge is 2.52. The normalized spacial score (nSPS) is 28.7. The van der Waals surface area contributed by atoms with Crippen molar-refractivity contribution >= 4 is 52.4 Å². The molecule has 0 N–H and O–H groups in total. The summed E-state index contributed by atoms with van der Waals surface area (Å²) in [5.74, 6) is 3.68. The Morgan fingerprint density at radius 3 is 2.12 bits per heavy atom. The highest BCUT2D eigenvalue weighted by Crippen LogP contribution is 2.64. The number of nitriles is 3. The van der Waals surface area contributed by atoms with Gasteiger partial charge in [0.05, 0.1) is 17.2 Å². The van der Waals surface area contributed by atoms with Gasteiger partial charge in [-0.2, -0.15) is 15.8 Å². The lowest BCUT2D eigenvalue weighted by atomic mass is 9.56. The third-order valence-electron chi connectivity index (χ3n) is 15.5. The van der Waals surface area contributed by atoms with Crippen LogP contribution in [0, 0.1) is 64.1 Å². The molecule has 2 unspecified atom stereocenters. The molecule has 0 amide bonds. The lowest BCUT2D eigenvalue weighted by Crippen LogP contribution is -2.48. The van der Waals surface area contributed by atoms with Crippen molar-refractivity contribution in [1.29, 1.82) is 15.8 Å². The Hall–Kier alpha value is -5.10. The number of benzene rings is 3. The number of ether oxygens (including phenoxy) is 2. The first-order chi connectivity index (χ1) is 31.9. The zero-order chi connectivity index (χ0) is 47.6. The van der Waals surface area contributed by atoms with Crippen LogP contribution in [0.25, 0.3) is 6.08 Å². The van der Waals surface area contributed by atoms with Crippen molar-refractivity contribution in [3.05, 3.63) is 150 Å². The molecule has 2 heterocycles. The van der Waals surface area contributed by atoms with E-state index in [1.807, 2.05) is 37.3 Å². The van der Waals surface area contributed by atoms with E-state index in [2.05, 4.69) is 119 Å². The minimum absolute atomic E-state index is 0.0126. The third-order valence-corrected chi connectivity index (χ3v) is 17.9. The van der Waals surface area contributed by atoms with Gasteiger partial charge in [-0.05, 0) is 191 Å². The minimum Gasteiger partial charge on any atom is -0.497 e. The van der Waals surface area contributed by atoms with E-state index in [1.54, 1.807) is 19.2 Å². The summed E-state index contributed by atoms with van der Waals surface area (Å²) in [5.41, 5.74) is 8.77. The van der Waals surface area contributed by atoms with E-state index >= 15 is 0 Å². The van der Waals surface area contributed by atoms with Crippen molar-refractivity contribution in [3.8, 4) is 24.0 Å². The van der Waals surface area contributed by atoms with Gasteiger partial charge in [0.15, 0.2) is 16.9 Å². The number of aryl methyl sites for hydroxylation is 1. The number of fused-ring (bicyclic) bond motifs is 1. The molecule has 4 saturated carbocycles. The van der Waals surface area contributed by atoms with Crippen LogP contribution in [-0.4, -0.2) is 17.4 Å². The Bertz CT molecular complexity index is 2810. The van der Waals surface area contributed by atoms with Crippen molar-refractivity contribution in [3.63, 3.8) is 0 Å². The third kappa shape index (κ3) is 8.81. The molecule has 3 aromatic carbocycles.